The minimum absolute atomic E-state index is 0.550. The average molecular weight is 455 g/mol. The van der Waals surface area contributed by atoms with Crippen molar-refractivity contribution in [3.8, 4) is 0 Å². The van der Waals surface area contributed by atoms with Crippen LogP contribution in [0.3, 0.4) is 0 Å². The minimum atomic E-state index is 0.550. The highest BCUT2D eigenvalue weighted by atomic mass is 32.1. The van der Waals surface area contributed by atoms with Gasteiger partial charge in [0.05, 0.1) is 12.2 Å². The van der Waals surface area contributed by atoms with Crippen molar-refractivity contribution in [1.82, 2.24) is 0 Å². The Morgan fingerprint density at radius 2 is 1.19 bits per heavy atom. The molecular weight excluding hydrogens is 416 g/mol. The Morgan fingerprint density at radius 3 is 1.87 bits per heavy atom. The molecule has 0 amide bonds. The summed E-state index contributed by atoms with van der Waals surface area (Å²) in [6.45, 7) is 4.66. The zero-order valence-electron chi connectivity index (χ0n) is 19.2. The normalized spacial score (nSPS) is 40.5. The minimum Gasteiger partial charge on any atom is -0.374 e. The Bertz CT molecular complexity index is 888. The van der Waals surface area contributed by atoms with Crippen LogP contribution in [0.5, 0.6) is 0 Å². The fourth-order valence-electron chi connectivity index (χ4n) is 7.42. The van der Waals surface area contributed by atoms with E-state index in [2.05, 4.69) is 49.4 Å². The van der Waals surface area contributed by atoms with Crippen molar-refractivity contribution >= 4 is 22.7 Å². The van der Waals surface area contributed by atoms with E-state index in [9.17, 15) is 0 Å². The van der Waals surface area contributed by atoms with Gasteiger partial charge in [0.25, 0.3) is 0 Å². The summed E-state index contributed by atoms with van der Waals surface area (Å²) >= 11 is 4.17. The number of rotatable bonds is 3. The fourth-order valence-corrected chi connectivity index (χ4v) is 9.80. The maximum absolute atomic E-state index is 6.68. The summed E-state index contributed by atoms with van der Waals surface area (Å²) < 4.78 is 6.68. The van der Waals surface area contributed by atoms with Crippen LogP contribution in [0.2, 0.25) is 0 Å². The first-order valence-corrected chi connectivity index (χ1v) is 14.6. The number of aryl methyl sites for hydroxylation is 1. The Kier molecular flexibility index (Phi) is 5.82. The van der Waals surface area contributed by atoms with Gasteiger partial charge in [-0.3, -0.25) is 0 Å². The molecule has 168 valence electrons. The van der Waals surface area contributed by atoms with E-state index in [-0.39, 0.29) is 0 Å². The molecular formula is C28H38OS2. The molecule has 0 spiro atoms. The first-order chi connectivity index (χ1) is 15.1. The second kappa shape index (κ2) is 8.61. The summed E-state index contributed by atoms with van der Waals surface area (Å²) in [6.07, 6.45) is 14.9. The third-order valence-electron chi connectivity index (χ3n) is 9.19. The summed E-state index contributed by atoms with van der Waals surface area (Å²) in [5, 5.41) is 0. The van der Waals surface area contributed by atoms with Gasteiger partial charge in [-0.1, -0.05) is 13.3 Å². The molecule has 6 unspecified atom stereocenters. The van der Waals surface area contributed by atoms with E-state index >= 15 is 0 Å². The van der Waals surface area contributed by atoms with Gasteiger partial charge in [-0.25, -0.2) is 0 Å². The molecule has 6 rings (SSSR count). The molecule has 3 heterocycles. The molecule has 0 radical (unpaired) electrons. The number of hydrogen-bond acceptors (Lipinski definition) is 3. The molecule has 3 aliphatic carbocycles. The van der Waals surface area contributed by atoms with E-state index in [1.54, 1.807) is 14.6 Å². The van der Waals surface area contributed by atoms with E-state index in [4.69, 9.17) is 4.74 Å². The third kappa shape index (κ3) is 4.08. The van der Waals surface area contributed by atoms with Crippen LogP contribution in [0, 0.1) is 24.7 Å². The second-order valence-electron chi connectivity index (χ2n) is 11.2. The molecule has 0 N–H and O–H groups in total. The number of thiophene rings is 2. The molecule has 6 atom stereocenters. The Morgan fingerprint density at radius 1 is 0.645 bits per heavy atom. The topological polar surface area (TPSA) is 9.23 Å². The molecule has 31 heavy (non-hydrogen) atoms. The smallest absolute Gasteiger partial charge is 0.0616 e. The summed E-state index contributed by atoms with van der Waals surface area (Å²) in [7, 11) is 0. The first-order valence-electron chi connectivity index (χ1n) is 13.0. The molecule has 2 aromatic rings. The standard InChI is InChI=1S/C28H38OS2/c1-17-3-10-22-23-11-9-21(16-25(23)29-24(22)15-17)28-14-13-27(31-28)20-7-5-19(6-8-20)26-12-4-18(2)30-26/h4,12-14,17,19-25H,3,5-11,15-16H2,1-2H3. The summed E-state index contributed by atoms with van der Waals surface area (Å²) in [6, 6.07) is 9.66. The zero-order valence-corrected chi connectivity index (χ0v) is 20.9. The van der Waals surface area contributed by atoms with E-state index in [1.807, 2.05) is 11.3 Å². The maximum Gasteiger partial charge on any atom is 0.0616 e. The summed E-state index contributed by atoms with van der Waals surface area (Å²) in [5.74, 6) is 4.99. The highest BCUT2D eigenvalue weighted by Gasteiger charge is 2.48. The SMILES string of the molecule is Cc1ccc(C2CCC(c3ccc(C4CCC5C(C4)OC4CC(C)CCC45)s3)CC2)s1. The maximum atomic E-state index is 6.68. The van der Waals surface area contributed by atoms with Crippen molar-refractivity contribution in [2.45, 2.75) is 108 Å². The van der Waals surface area contributed by atoms with Crippen molar-refractivity contribution < 1.29 is 4.74 Å². The fraction of sp³-hybridized carbons (Fsp3) is 0.714. The average Bonchev–Trinajstić information content (AvgIpc) is 3.51. The molecule has 4 fully saturated rings. The van der Waals surface area contributed by atoms with Gasteiger partial charge in [-0.05, 0) is 124 Å². The van der Waals surface area contributed by atoms with Crippen molar-refractivity contribution in [1.29, 1.82) is 0 Å². The lowest BCUT2D eigenvalue weighted by Crippen LogP contribution is -2.30. The summed E-state index contributed by atoms with van der Waals surface area (Å²) in [4.78, 5) is 6.44. The van der Waals surface area contributed by atoms with Gasteiger partial charge in [0.15, 0.2) is 0 Å². The van der Waals surface area contributed by atoms with Gasteiger partial charge >= 0.3 is 0 Å². The van der Waals surface area contributed by atoms with E-state index in [0.29, 0.717) is 12.2 Å². The highest BCUT2D eigenvalue weighted by molar-refractivity contribution is 7.12. The third-order valence-corrected chi connectivity index (χ3v) is 11.8. The molecule has 2 aromatic heterocycles. The van der Waals surface area contributed by atoms with Crippen LogP contribution in [-0.2, 0) is 4.74 Å². The molecule has 3 heteroatoms. The van der Waals surface area contributed by atoms with Gasteiger partial charge < -0.3 is 4.74 Å². The van der Waals surface area contributed by atoms with Crippen LogP contribution in [0.25, 0.3) is 0 Å². The van der Waals surface area contributed by atoms with Crippen LogP contribution < -0.4 is 0 Å². The Labute approximate surface area is 196 Å². The van der Waals surface area contributed by atoms with E-state index in [1.165, 1.54) is 69.1 Å². The lowest BCUT2D eigenvalue weighted by Gasteiger charge is -2.34. The monoisotopic (exact) mass is 454 g/mol. The second-order valence-corrected chi connectivity index (χ2v) is 13.7. The Balaban J connectivity index is 1.07. The van der Waals surface area contributed by atoms with Gasteiger partial charge in [-0.2, -0.15) is 0 Å². The van der Waals surface area contributed by atoms with E-state index in [0.717, 1.165) is 35.5 Å². The summed E-state index contributed by atoms with van der Waals surface area (Å²) in [5.41, 5.74) is 0. The predicted molar refractivity (Wildman–Crippen MR) is 133 cm³/mol. The van der Waals surface area contributed by atoms with Crippen LogP contribution in [0.4, 0.5) is 0 Å². The van der Waals surface area contributed by atoms with Crippen LogP contribution in [0.15, 0.2) is 24.3 Å². The van der Waals surface area contributed by atoms with Crippen molar-refractivity contribution in [3.63, 3.8) is 0 Å². The highest BCUT2D eigenvalue weighted by Crippen LogP contribution is 2.52. The molecule has 0 aromatic carbocycles. The van der Waals surface area contributed by atoms with Gasteiger partial charge in [-0.15, -0.1) is 22.7 Å². The van der Waals surface area contributed by atoms with Gasteiger partial charge in [0.1, 0.15) is 0 Å². The lowest BCUT2D eigenvalue weighted by molar-refractivity contribution is -0.00542. The molecule has 4 aliphatic rings. The largest absolute Gasteiger partial charge is 0.374 e. The van der Waals surface area contributed by atoms with Crippen molar-refractivity contribution in [2.75, 3.05) is 0 Å². The van der Waals surface area contributed by atoms with Gasteiger partial charge in [0.2, 0.25) is 0 Å². The van der Waals surface area contributed by atoms with Crippen molar-refractivity contribution in [3.05, 3.63) is 43.8 Å². The van der Waals surface area contributed by atoms with E-state index < -0.39 is 0 Å². The van der Waals surface area contributed by atoms with Gasteiger partial charge in [0, 0.05) is 19.5 Å². The zero-order chi connectivity index (χ0) is 20.9. The Hall–Kier alpha value is -0.640. The number of ether oxygens (including phenoxy) is 1. The lowest BCUT2D eigenvalue weighted by atomic mass is 9.69. The predicted octanol–water partition coefficient (Wildman–Crippen LogP) is 8.65. The molecule has 3 saturated carbocycles. The number of fused-ring (bicyclic) bond motifs is 3. The quantitative estimate of drug-likeness (QED) is 0.451. The number of hydrogen-bond donors (Lipinski definition) is 0. The van der Waals surface area contributed by atoms with Crippen LogP contribution in [-0.4, -0.2) is 12.2 Å². The molecule has 1 aliphatic heterocycles. The molecule has 1 nitrogen and oxygen atoms in total. The first kappa shape index (κ1) is 20.9. The molecule has 0 bridgehead atoms. The molecule has 1 saturated heterocycles. The van der Waals surface area contributed by atoms with Crippen molar-refractivity contribution in [2.24, 2.45) is 17.8 Å². The van der Waals surface area contributed by atoms with Crippen LogP contribution in [0.1, 0.15) is 108 Å². The van der Waals surface area contributed by atoms with Crippen LogP contribution >= 0.6 is 22.7 Å².